The van der Waals surface area contributed by atoms with E-state index in [9.17, 15) is 9.59 Å². The van der Waals surface area contributed by atoms with Gasteiger partial charge in [0.25, 0.3) is 5.91 Å². The van der Waals surface area contributed by atoms with Crippen molar-refractivity contribution in [3.05, 3.63) is 75.7 Å². The third-order valence-corrected chi connectivity index (χ3v) is 6.16. The molecule has 4 rings (SSSR count). The Balaban J connectivity index is 1.79. The Morgan fingerprint density at radius 3 is 2.55 bits per heavy atom. The van der Waals surface area contributed by atoms with Crippen LogP contribution in [0.15, 0.2) is 60.1 Å². The third kappa shape index (κ3) is 3.66. The van der Waals surface area contributed by atoms with Crippen LogP contribution >= 0.6 is 22.9 Å². The smallest absolute Gasteiger partial charge is 0.287 e. The Bertz CT molecular complexity index is 1040. The van der Waals surface area contributed by atoms with Crippen molar-refractivity contribution in [1.82, 2.24) is 4.98 Å². The first-order valence-corrected chi connectivity index (χ1v) is 10.6. The van der Waals surface area contributed by atoms with Gasteiger partial charge in [-0.1, -0.05) is 29.8 Å². The minimum atomic E-state index is -0.180. The highest BCUT2D eigenvalue weighted by molar-refractivity contribution is 7.11. The molecule has 0 unspecified atom stereocenters. The molecule has 2 aromatic carbocycles. The van der Waals surface area contributed by atoms with Gasteiger partial charge < -0.3 is 9.80 Å². The summed E-state index contributed by atoms with van der Waals surface area (Å²) in [6.07, 6.45) is 2.26. The summed E-state index contributed by atoms with van der Waals surface area (Å²) in [7, 11) is 0. The number of benzene rings is 2. The number of carbonyl (C=O) groups excluding carboxylic acids is 2. The second-order valence-electron chi connectivity index (χ2n) is 7.04. The van der Waals surface area contributed by atoms with Gasteiger partial charge in [-0.05, 0) is 49.2 Å². The Morgan fingerprint density at radius 2 is 1.90 bits per heavy atom. The molecule has 0 saturated carbocycles. The second-order valence-corrected chi connectivity index (χ2v) is 8.37. The number of para-hydroxylation sites is 1. The minimum Gasteiger partial charge on any atom is -0.305 e. The topological polar surface area (TPSA) is 53.5 Å². The second kappa shape index (κ2) is 7.97. The van der Waals surface area contributed by atoms with Gasteiger partial charge in [-0.15, -0.1) is 11.3 Å². The number of aromatic nitrogens is 1. The number of fused-ring (bicyclic) bond motifs is 1. The normalized spacial score (nSPS) is 18.2. The van der Waals surface area contributed by atoms with E-state index in [1.54, 1.807) is 40.4 Å². The number of anilines is 2. The van der Waals surface area contributed by atoms with Crippen LogP contribution in [0.2, 0.25) is 5.02 Å². The van der Waals surface area contributed by atoms with Gasteiger partial charge in [0, 0.05) is 40.9 Å². The molecular formula is C22H20ClN3O2S. The van der Waals surface area contributed by atoms with Crippen molar-refractivity contribution in [2.24, 2.45) is 0 Å². The summed E-state index contributed by atoms with van der Waals surface area (Å²) in [6.45, 7) is 3.57. The molecular weight excluding hydrogens is 406 g/mol. The molecule has 0 N–H and O–H groups in total. The minimum absolute atomic E-state index is 0.0565. The highest BCUT2D eigenvalue weighted by Gasteiger charge is 2.38. The van der Waals surface area contributed by atoms with Crippen molar-refractivity contribution < 1.29 is 9.59 Å². The number of rotatable bonds is 3. The first-order valence-electron chi connectivity index (χ1n) is 9.34. The Labute approximate surface area is 178 Å². The van der Waals surface area contributed by atoms with E-state index in [1.165, 1.54) is 11.3 Å². The lowest BCUT2D eigenvalue weighted by atomic mass is 9.90. The molecule has 7 heteroatoms. The molecule has 0 fully saturated rings. The van der Waals surface area contributed by atoms with Crippen molar-refractivity contribution in [1.29, 1.82) is 0 Å². The lowest BCUT2D eigenvalue weighted by Gasteiger charge is -2.43. The molecule has 0 saturated heterocycles. The van der Waals surface area contributed by atoms with Crippen LogP contribution in [0, 0.1) is 0 Å². The number of nitrogens with zero attached hydrogens (tertiary/aromatic N) is 3. The van der Waals surface area contributed by atoms with Gasteiger partial charge in [0.05, 0.1) is 6.04 Å². The van der Waals surface area contributed by atoms with Gasteiger partial charge in [0.15, 0.2) is 5.01 Å². The average Bonchev–Trinajstić information content (AvgIpc) is 3.24. The molecule has 0 radical (unpaired) electrons. The summed E-state index contributed by atoms with van der Waals surface area (Å²) in [4.78, 5) is 33.6. The van der Waals surface area contributed by atoms with Crippen molar-refractivity contribution in [2.45, 2.75) is 32.4 Å². The van der Waals surface area contributed by atoms with E-state index in [2.05, 4.69) is 4.98 Å². The lowest BCUT2D eigenvalue weighted by molar-refractivity contribution is -0.117. The molecule has 5 nitrogen and oxygen atoms in total. The lowest BCUT2D eigenvalue weighted by Crippen LogP contribution is -2.47. The van der Waals surface area contributed by atoms with Gasteiger partial charge in [0.2, 0.25) is 5.91 Å². The summed E-state index contributed by atoms with van der Waals surface area (Å²) in [5.74, 6) is -0.168. The van der Waals surface area contributed by atoms with Crippen LogP contribution in [0.1, 0.15) is 41.7 Å². The average molecular weight is 426 g/mol. The SMILES string of the molecule is CC(=O)N(c1ccc(Cl)cc1)[C@@H]1C[C@H](C)N(C(=O)c2nccs2)c2ccccc21. The molecule has 1 aromatic heterocycles. The molecule has 148 valence electrons. The molecule has 2 heterocycles. The van der Waals surface area contributed by atoms with Gasteiger partial charge in [-0.25, -0.2) is 4.98 Å². The summed E-state index contributed by atoms with van der Waals surface area (Å²) in [5, 5.41) is 2.88. The molecule has 1 aliphatic rings. The number of amides is 2. The fraction of sp³-hybridized carbons (Fsp3) is 0.227. The Hall–Kier alpha value is -2.70. The van der Waals surface area contributed by atoms with Gasteiger partial charge >= 0.3 is 0 Å². The van der Waals surface area contributed by atoms with Crippen LogP contribution in [0.5, 0.6) is 0 Å². The van der Waals surface area contributed by atoms with Crippen molar-refractivity contribution in [2.75, 3.05) is 9.80 Å². The fourth-order valence-electron chi connectivity index (χ4n) is 3.95. The van der Waals surface area contributed by atoms with Crippen LogP contribution in [0.3, 0.4) is 0 Å². The number of halogens is 1. The van der Waals surface area contributed by atoms with Crippen LogP contribution in [-0.2, 0) is 4.79 Å². The largest absolute Gasteiger partial charge is 0.305 e. The molecule has 0 aliphatic carbocycles. The molecule has 2 amide bonds. The standard InChI is InChI=1S/C22H20ClN3O2S/c1-14-13-20(26(15(2)27)17-9-7-16(23)8-10-17)18-5-3-4-6-19(18)25(14)22(28)21-24-11-12-29-21/h3-12,14,20H,13H2,1-2H3/t14-,20+/m0/s1. The van der Waals surface area contributed by atoms with E-state index in [4.69, 9.17) is 11.6 Å². The number of hydrogen-bond donors (Lipinski definition) is 0. The summed E-state index contributed by atoms with van der Waals surface area (Å²) < 4.78 is 0. The Kier molecular flexibility index (Phi) is 5.39. The van der Waals surface area contributed by atoms with Crippen LogP contribution in [-0.4, -0.2) is 22.8 Å². The number of hydrogen-bond acceptors (Lipinski definition) is 4. The van der Waals surface area contributed by atoms with E-state index in [0.717, 1.165) is 16.9 Å². The highest BCUT2D eigenvalue weighted by atomic mass is 35.5. The zero-order valence-electron chi connectivity index (χ0n) is 16.1. The monoisotopic (exact) mass is 425 g/mol. The van der Waals surface area contributed by atoms with E-state index < -0.39 is 0 Å². The number of thiazole rings is 1. The Morgan fingerprint density at radius 1 is 1.17 bits per heavy atom. The fourth-order valence-corrected chi connectivity index (χ4v) is 4.65. The van der Waals surface area contributed by atoms with E-state index in [0.29, 0.717) is 16.5 Å². The maximum Gasteiger partial charge on any atom is 0.287 e. The van der Waals surface area contributed by atoms with E-state index in [1.807, 2.05) is 43.3 Å². The zero-order chi connectivity index (χ0) is 20.5. The summed E-state index contributed by atoms with van der Waals surface area (Å²) in [6, 6.07) is 14.8. The zero-order valence-corrected chi connectivity index (χ0v) is 17.7. The van der Waals surface area contributed by atoms with Gasteiger partial charge in [0.1, 0.15) is 0 Å². The maximum atomic E-state index is 13.1. The predicted molar refractivity (Wildman–Crippen MR) is 117 cm³/mol. The molecule has 29 heavy (non-hydrogen) atoms. The van der Waals surface area contributed by atoms with Crippen molar-refractivity contribution in [3.8, 4) is 0 Å². The van der Waals surface area contributed by atoms with Crippen molar-refractivity contribution >= 4 is 46.1 Å². The van der Waals surface area contributed by atoms with Crippen LogP contribution < -0.4 is 9.80 Å². The molecule has 0 spiro atoms. The summed E-state index contributed by atoms with van der Waals surface area (Å²) in [5.41, 5.74) is 2.55. The molecule has 0 bridgehead atoms. The molecule has 2 atom stereocenters. The number of carbonyl (C=O) groups is 2. The molecule has 3 aromatic rings. The van der Waals surface area contributed by atoms with Gasteiger partial charge in [-0.3, -0.25) is 9.59 Å². The predicted octanol–water partition coefficient (Wildman–Crippen LogP) is 5.33. The van der Waals surface area contributed by atoms with Crippen LogP contribution in [0.25, 0.3) is 0 Å². The quantitative estimate of drug-likeness (QED) is 0.569. The summed E-state index contributed by atoms with van der Waals surface area (Å²) >= 11 is 7.37. The van der Waals surface area contributed by atoms with E-state index >= 15 is 0 Å². The maximum absolute atomic E-state index is 13.1. The first-order chi connectivity index (χ1) is 14.0. The molecule has 1 aliphatic heterocycles. The van der Waals surface area contributed by atoms with Crippen LogP contribution in [0.4, 0.5) is 11.4 Å². The van der Waals surface area contributed by atoms with Crippen molar-refractivity contribution in [3.63, 3.8) is 0 Å². The highest BCUT2D eigenvalue weighted by Crippen LogP contribution is 2.42. The first kappa shape index (κ1) is 19.6. The van der Waals surface area contributed by atoms with E-state index in [-0.39, 0.29) is 23.9 Å². The third-order valence-electron chi connectivity index (χ3n) is 5.15. The van der Waals surface area contributed by atoms with Gasteiger partial charge in [-0.2, -0.15) is 0 Å².